The summed E-state index contributed by atoms with van der Waals surface area (Å²) in [6.45, 7) is 0.414. The third-order valence-corrected chi connectivity index (χ3v) is 6.62. The summed E-state index contributed by atoms with van der Waals surface area (Å²) in [5.74, 6) is -2.08. The fraction of sp³-hybridized carbons (Fsp3) is 0.400. The number of nitrogens with zero attached hydrogens (tertiary/aromatic N) is 2. The van der Waals surface area contributed by atoms with Crippen molar-refractivity contribution in [1.29, 1.82) is 0 Å². The molecule has 7 heteroatoms. The molecule has 2 fully saturated rings. The number of carboxylic acids is 1. The van der Waals surface area contributed by atoms with Gasteiger partial charge in [0.15, 0.2) is 5.78 Å². The van der Waals surface area contributed by atoms with Crippen LogP contribution in [0.3, 0.4) is 0 Å². The second-order valence-corrected chi connectivity index (χ2v) is 8.25. The van der Waals surface area contributed by atoms with E-state index in [1.165, 1.54) is 12.2 Å². The van der Waals surface area contributed by atoms with E-state index < -0.39 is 11.9 Å². The highest BCUT2D eigenvalue weighted by Crippen LogP contribution is 2.61. The molecule has 1 spiro atoms. The number of hydrogen-bond donors (Lipinski definition) is 1. The summed E-state index contributed by atoms with van der Waals surface area (Å²) >= 11 is 6.37. The Morgan fingerprint density at radius 3 is 2.78 bits per heavy atom. The van der Waals surface area contributed by atoms with Crippen LogP contribution >= 0.6 is 11.6 Å². The Morgan fingerprint density at radius 2 is 2.07 bits per heavy atom. The highest BCUT2D eigenvalue weighted by molar-refractivity contribution is 6.40. The number of aliphatic carboxylic acids is 1. The molecule has 1 amide bonds. The first-order valence-corrected chi connectivity index (χ1v) is 9.38. The summed E-state index contributed by atoms with van der Waals surface area (Å²) in [5.41, 5.74) is 2.55. The van der Waals surface area contributed by atoms with Crippen LogP contribution < -0.4 is 0 Å². The molecule has 0 aromatic carbocycles. The summed E-state index contributed by atoms with van der Waals surface area (Å²) in [6, 6.07) is -0.132. The van der Waals surface area contributed by atoms with Crippen molar-refractivity contribution in [2.45, 2.75) is 25.3 Å². The summed E-state index contributed by atoms with van der Waals surface area (Å²) in [5, 5.41) is 10.3. The zero-order valence-electron chi connectivity index (χ0n) is 14.4. The lowest BCUT2D eigenvalue weighted by Gasteiger charge is -2.41. The number of carboxylic acid groups (broad SMARTS) is 1. The molecular weight excluding hydrogens is 368 g/mol. The minimum absolute atomic E-state index is 0.0173. The number of ketones is 1. The predicted molar refractivity (Wildman–Crippen MR) is 98.4 cm³/mol. The van der Waals surface area contributed by atoms with Crippen molar-refractivity contribution < 1.29 is 19.5 Å². The van der Waals surface area contributed by atoms with Gasteiger partial charge in [-0.1, -0.05) is 11.6 Å². The van der Waals surface area contributed by atoms with E-state index in [4.69, 9.17) is 11.6 Å². The van der Waals surface area contributed by atoms with E-state index in [1.807, 2.05) is 0 Å². The van der Waals surface area contributed by atoms with E-state index >= 15 is 0 Å². The number of allylic oxidation sites excluding steroid dienone is 6. The Balaban J connectivity index is 1.78. The first-order valence-electron chi connectivity index (χ1n) is 9.00. The maximum Gasteiger partial charge on any atom is 0.312 e. The van der Waals surface area contributed by atoms with E-state index in [0.29, 0.717) is 28.2 Å². The van der Waals surface area contributed by atoms with Gasteiger partial charge in [-0.05, 0) is 47.8 Å². The van der Waals surface area contributed by atoms with Gasteiger partial charge < -0.3 is 10.0 Å². The molecule has 5 rings (SSSR count). The molecule has 27 heavy (non-hydrogen) atoms. The largest absolute Gasteiger partial charge is 0.481 e. The quantitative estimate of drug-likeness (QED) is 0.749. The zero-order valence-corrected chi connectivity index (χ0v) is 15.2. The average molecular weight is 385 g/mol. The van der Waals surface area contributed by atoms with Crippen LogP contribution in [0, 0.1) is 11.3 Å². The number of amides is 1. The fourth-order valence-corrected chi connectivity index (χ4v) is 5.22. The van der Waals surface area contributed by atoms with Crippen molar-refractivity contribution >= 4 is 35.5 Å². The first kappa shape index (κ1) is 16.7. The number of fused-ring (bicyclic) bond motifs is 5. The van der Waals surface area contributed by atoms with Crippen LogP contribution in [0.15, 0.2) is 50.5 Å². The summed E-state index contributed by atoms with van der Waals surface area (Å²) in [6.07, 6.45) is 8.45. The van der Waals surface area contributed by atoms with Crippen LogP contribution in [-0.4, -0.2) is 53.0 Å². The zero-order chi connectivity index (χ0) is 18.9. The van der Waals surface area contributed by atoms with E-state index in [9.17, 15) is 19.5 Å². The lowest BCUT2D eigenvalue weighted by Crippen LogP contribution is -2.49. The van der Waals surface area contributed by atoms with Gasteiger partial charge in [0.2, 0.25) is 5.91 Å². The highest BCUT2D eigenvalue weighted by Gasteiger charge is 2.62. The van der Waals surface area contributed by atoms with Crippen LogP contribution in [0.4, 0.5) is 0 Å². The van der Waals surface area contributed by atoms with Gasteiger partial charge in [-0.3, -0.25) is 19.4 Å². The molecule has 1 N–H and O–H groups in total. The lowest BCUT2D eigenvalue weighted by atomic mass is 9.74. The molecule has 0 aromatic heterocycles. The second kappa shape index (κ2) is 5.52. The summed E-state index contributed by atoms with van der Waals surface area (Å²) < 4.78 is 0. The number of aliphatic imine (C=N–C) groups is 1. The minimum Gasteiger partial charge on any atom is -0.481 e. The number of carbonyl (C=O) groups excluding carboxylic acids is 2. The number of hydrogen-bond acceptors (Lipinski definition) is 4. The molecule has 0 bridgehead atoms. The third-order valence-electron chi connectivity index (χ3n) is 6.31. The van der Waals surface area contributed by atoms with Crippen molar-refractivity contribution in [3.63, 3.8) is 0 Å². The standard InChI is InChI=1S/C20H17ClN2O4/c21-15-8-22-7-13-17(12-5-10(24)1-2-11(12)15)14(19(26)27)9-23-16(25)6-20(3-4-20)18(13)23/h1-2,5,8,14,18H,3-4,6-7,9H2,(H,26,27)/b15-11+,22-8?. The SMILES string of the molecule is O=C1C=C/C2=C(\Cl)C=NCC3=C(C2=C1)C(C(=O)O)CN1C(=O)CC2(CC2)C31. The van der Waals surface area contributed by atoms with E-state index in [-0.39, 0.29) is 36.2 Å². The Kier molecular flexibility index (Phi) is 3.41. The maximum atomic E-state index is 12.6. The molecular formula is C20H17ClN2O4. The molecule has 3 aliphatic heterocycles. The lowest BCUT2D eigenvalue weighted by molar-refractivity contribution is -0.142. The molecule has 6 nitrogen and oxygen atoms in total. The van der Waals surface area contributed by atoms with Crippen LogP contribution in [0.25, 0.3) is 0 Å². The smallest absolute Gasteiger partial charge is 0.312 e. The van der Waals surface area contributed by atoms with Crippen molar-refractivity contribution in [3.8, 4) is 0 Å². The van der Waals surface area contributed by atoms with Crippen LogP contribution in [0.1, 0.15) is 19.3 Å². The fourth-order valence-electron chi connectivity index (χ4n) is 4.99. The predicted octanol–water partition coefficient (Wildman–Crippen LogP) is 2.02. The van der Waals surface area contributed by atoms with E-state index in [2.05, 4.69) is 4.99 Å². The molecule has 1 saturated carbocycles. The van der Waals surface area contributed by atoms with Crippen molar-refractivity contribution in [2.75, 3.05) is 13.1 Å². The van der Waals surface area contributed by atoms with Gasteiger partial charge in [-0.2, -0.15) is 0 Å². The van der Waals surface area contributed by atoms with Gasteiger partial charge >= 0.3 is 5.97 Å². The van der Waals surface area contributed by atoms with Crippen molar-refractivity contribution in [1.82, 2.24) is 4.90 Å². The van der Waals surface area contributed by atoms with Gasteiger partial charge in [0, 0.05) is 30.2 Å². The molecule has 5 aliphatic rings. The summed E-state index contributed by atoms with van der Waals surface area (Å²) in [7, 11) is 0. The van der Waals surface area contributed by atoms with E-state index in [1.54, 1.807) is 17.2 Å². The normalized spacial score (nSPS) is 33.4. The highest BCUT2D eigenvalue weighted by atomic mass is 35.5. The van der Waals surface area contributed by atoms with Crippen molar-refractivity contribution in [2.24, 2.45) is 16.3 Å². The van der Waals surface area contributed by atoms with Crippen LogP contribution in [0.2, 0.25) is 0 Å². The second-order valence-electron chi connectivity index (χ2n) is 7.84. The Hall–Kier alpha value is -2.47. The van der Waals surface area contributed by atoms with Gasteiger partial charge in [0.1, 0.15) is 0 Å². The van der Waals surface area contributed by atoms with Gasteiger partial charge in [0.05, 0.1) is 23.5 Å². The number of halogens is 1. The molecule has 1 saturated heterocycles. The van der Waals surface area contributed by atoms with Gasteiger partial charge in [0.25, 0.3) is 0 Å². The molecule has 2 atom stereocenters. The van der Waals surface area contributed by atoms with Gasteiger partial charge in [-0.25, -0.2) is 0 Å². The monoisotopic (exact) mass is 384 g/mol. The summed E-state index contributed by atoms with van der Waals surface area (Å²) in [4.78, 5) is 43.0. The van der Waals surface area contributed by atoms with Gasteiger partial charge in [-0.15, -0.1) is 0 Å². The molecule has 2 unspecified atom stereocenters. The minimum atomic E-state index is -1.01. The molecule has 0 aromatic rings. The number of carbonyl (C=O) groups is 3. The maximum absolute atomic E-state index is 12.6. The van der Waals surface area contributed by atoms with Crippen LogP contribution in [-0.2, 0) is 14.4 Å². The molecule has 3 heterocycles. The third kappa shape index (κ3) is 2.32. The Labute approximate surface area is 160 Å². The Bertz CT molecular complexity index is 964. The average Bonchev–Trinajstić information content (AvgIpc) is 3.32. The number of rotatable bonds is 1. The Morgan fingerprint density at radius 1 is 1.30 bits per heavy atom. The van der Waals surface area contributed by atoms with Crippen LogP contribution in [0.5, 0.6) is 0 Å². The molecule has 0 radical (unpaired) electrons. The molecule has 138 valence electrons. The molecule has 2 aliphatic carbocycles. The topological polar surface area (TPSA) is 87.0 Å². The van der Waals surface area contributed by atoms with E-state index in [0.717, 1.165) is 18.4 Å². The van der Waals surface area contributed by atoms with Crippen molar-refractivity contribution in [3.05, 3.63) is 45.6 Å². The first-order chi connectivity index (χ1) is 12.9.